The Morgan fingerprint density at radius 2 is 1.64 bits per heavy atom. The zero-order valence-corrected chi connectivity index (χ0v) is 12.9. The summed E-state index contributed by atoms with van der Waals surface area (Å²) in [6, 6.07) is 9.58. The number of benzene rings is 2. The number of halogens is 4. The summed E-state index contributed by atoms with van der Waals surface area (Å²) in [5, 5.41) is 9.30. The fourth-order valence-electron chi connectivity index (χ4n) is 2.34. The van der Waals surface area contributed by atoms with Crippen LogP contribution >= 0.6 is 0 Å². The van der Waals surface area contributed by atoms with E-state index in [1.54, 1.807) is 0 Å². The molecular weight excluding hydrogens is 338 g/mol. The third kappa shape index (κ3) is 5.03. The molecule has 2 rings (SSSR count). The molecule has 1 amide bonds. The van der Waals surface area contributed by atoms with Gasteiger partial charge in [-0.05, 0) is 41.8 Å². The van der Waals surface area contributed by atoms with Crippen molar-refractivity contribution in [3.63, 3.8) is 0 Å². The molecule has 0 heterocycles. The first-order valence-electron chi connectivity index (χ1n) is 7.23. The largest absolute Gasteiger partial charge is 0.416 e. The molecule has 0 aliphatic carbocycles. The van der Waals surface area contributed by atoms with Crippen molar-refractivity contribution in [3.05, 3.63) is 71.0 Å². The van der Waals surface area contributed by atoms with E-state index < -0.39 is 35.3 Å². The summed E-state index contributed by atoms with van der Waals surface area (Å²) in [6.45, 7) is 0. The Kier molecular flexibility index (Phi) is 5.41. The number of carbonyl (C=O) groups is 1. The summed E-state index contributed by atoms with van der Waals surface area (Å²) in [6.07, 6.45) is -4.36. The first-order valence-corrected chi connectivity index (χ1v) is 7.23. The van der Waals surface area contributed by atoms with Gasteiger partial charge in [-0.3, -0.25) is 15.5 Å². The van der Waals surface area contributed by atoms with Crippen LogP contribution in [0.3, 0.4) is 0 Å². The molecule has 0 aromatic heterocycles. The van der Waals surface area contributed by atoms with E-state index in [1.807, 2.05) is 0 Å². The van der Waals surface area contributed by atoms with Gasteiger partial charge in [0.1, 0.15) is 5.82 Å². The Bertz CT molecular complexity index is 755. The maximum atomic E-state index is 13.0. The minimum atomic E-state index is -4.48. The predicted molar refractivity (Wildman–Crippen MR) is 84.3 cm³/mol. The molecule has 0 fully saturated rings. The predicted octanol–water partition coefficient (Wildman–Crippen LogP) is 3.18. The van der Waals surface area contributed by atoms with Crippen molar-refractivity contribution in [2.45, 2.75) is 18.5 Å². The van der Waals surface area contributed by atoms with E-state index in [2.05, 4.69) is 5.32 Å². The quantitative estimate of drug-likeness (QED) is 0.448. The minimum Gasteiger partial charge on any atom is -0.370 e. The lowest BCUT2D eigenvalue weighted by Gasteiger charge is -2.18. The highest BCUT2D eigenvalue weighted by Gasteiger charge is 2.31. The normalized spacial score (nSPS) is 12.5. The minimum absolute atomic E-state index is 0.116. The maximum absolute atomic E-state index is 13.0. The van der Waals surface area contributed by atoms with Crippen LogP contribution in [-0.2, 0) is 17.4 Å². The molecule has 0 bridgehead atoms. The molecule has 0 aliphatic rings. The van der Waals surface area contributed by atoms with Crippen molar-refractivity contribution < 1.29 is 22.4 Å². The first-order chi connectivity index (χ1) is 11.7. The monoisotopic (exact) mass is 353 g/mol. The summed E-state index contributed by atoms with van der Waals surface area (Å²) in [5.74, 6) is -2.52. The van der Waals surface area contributed by atoms with Gasteiger partial charge in [-0.1, -0.05) is 24.3 Å². The fraction of sp³-hybridized carbons (Fsp3) is 0.176. The average Bonchev–Trinajstić information content (AvgIpc) is 2.53. The third-order valence-corrected chi connectivity index (χ3v) is 3.57. The zero-order valence-electron chi connectivity index (χ0n) is 12.9. The first kappa shape index (κ1) is 18.4. The molecule has 0 spiro atoms. The van der Waals surface area contributed by atoms with Gasteiger partial charge in [0, 0.05) is 0 Å². The van der Waals surface area contributed by atoms with Gasteiger partial charge in [-0.25, -0.2) is 4.39 Å². The molecule has 0 aliphatic heterocycles. The van der Waals surface area contributed by atoms with Gasteiger partial charge in [0.2, 0.25) is 5.91 Å². The average molecular weight is 353 g/mol. The second kappa shape index (κ2) is 7.33. The Labute approximate surface area is 141 Å². The lowest BCUT2D eigenvalue weighted by atomic mass is 9.90. The van der Waals surface area contributed by atoms with E-state index in [-0.39, 0.29) is 6.42 Å². The van der Waals surface area contributed by atoms with Crippen molar-refractivity contribution in [1.82, 2.24) is 5.32 Å². The van der Waals surface area contributed by atoms with E-state index in [0.717, 1.165) is 12.1 Å². The number of hydrogen-bond acceptors (Lipinski definition) is 2. The smallest absolute Gasteiger partial charge is 0.370 e. The van der Waals surface area contributed by atoms with Crippen LogP contribution < -0.4 is 11.1 Å². The molecule has 0 saturated heterocycles. The summed E-state index contributed by atoms with van der Waals surface area (Å²) < 4.78 is 51.0. The molecule has 0 saturated carbocycles. The Morgan fingerprint density at radius 3 is 2.12 bits per heavy atom. The molecule has 2 aromatic rings. The van der Waals surface area contributed by atoms with Crippen molar-refractivity contribution in [2.75, 3.05) is 0 Å². The number of hydrogen-bond donors (Lipinski definition) is 3. The van der Waals surface area contributed by atoms with Crippen LogP contribution in [0.5, 0.6) is 0 Å². The molecule has 8 heteroatoms. The highest BCUT2D eigenvalue weighted by Crippen LogP contribution is 2.31. The van der Waals surface area contributed by atoms with Gasteiger partial charge in [0.05, 0.1) is 11.5 Å². The van der Waals surface area contributed by atoms with Gasteiger partial charge in [0.15, 0.2) is 5.96 Å². The summed E-state index contributed by atoms with van der Waals surface area (Å²) in [4.78, 5) is 12.3. The molecular formula is C17H15F4N3O. The fourth-order valence-corrected chi connectivity index (χ4v) is 2.34. The lowest BCUT2D eigenvalue weighted by molar-refractivity contribution is -0.137. The van der Waals surface area contributed by atoms with Gasteiger partial charge >= 0.3 is 6.18 Å². The molecule has 0 radical (unpaired) electrons. The number of amides is 1. The van der Waals surface area contributed by atoms with Crippen molar-refractivity contribution in [2.24, 2.45) is 5.73 Å². The highest BCUT2D eigenvalue weighted by atomic mass is 19.4. The summed E-state index contributed by atoms with van der Waals surface area (Å²) >= 11 is 0. The van der Waals surface area contributed by atoms with Gasteiger partial charge < -0.3 is 5.73 Å². The SMILES string of the molecule is N=C(N)NC(=O)[C@H](Cc1ccc(F)cc1)c1ccc(C(F)(F)F)cc1. The number of guanidine groups is 1. The van der Waals surface area contributed by atoms with Crippen LogP contribution in [0.2, 0.25) is 0 Å². The Balaban J connectivity index is 2.31. The zero-order chi connectivity index (χ0) is 18.6. The van der Waals surface area contributed by atoms with E-state index in [1.165, 1.54) is 36.4 Å². The Morgan fingerprint density at radius 1 is 1.08 bits per heavy atom. The van der Waals surface area contributed by atoms with Crippen LogP contribution in [0, 0.1) is 11.2 Å². The van der Waals surface area contributed by atoms with Crippen molar-refractivity contribution >= 4 is 11.9 Å². The number of nitrogens with two attached hydrogens (primary N) is 1. The van der Waals surface area contributed by atoms with Crippen LogP contribution in [-0.4, -0.2) is 11.9 Å². The maximum Gasteiger partial charge on any atom is 0.416 e. The number of rotatable bonds is 4. The Hall–Kier alpha value is -2.90. The van der Waals surface area contributed by atoms with Crippen LogP contribution in [0.15, 0.2) is 48.5 Å². The molecule has 4 nitrogen and oxygen atoms in total. The molecule has 4 N–H and O–H groups in total. The van der Waals surface area contributed by atoms with Gasteiger partial charge in [0.25, 0.3) is 0 Å². The second-order valence-electron chi connectivity index (χ2n) is 5.41. The van der Waals surface area contributed by atoms with Crippen molar-refractivity contribution in [1.29, 1.82) is 5.41 Å². The van der Waals surface area contributed by atoms with E-state index >= 15 is 0 Å². The van der Waals surface area contributed by atoms with Crippen LogP contribution in [0.4, 0.5) is 17.6 Å². The van der Waals surface area contributed by atoms with E-state index in [9.17, 15) is 22.4 Å². The number of nitrogens with one attached hydrogen (secondary N) is 2. The topological polar surface area (TPSA) is 79.0 Å². The molecule has 25 heavy (non-hydrogen) atoms. The second-order valence-corrected chi connectivity index (χ2v) is 5.41. The lowest BCUT2D eigenvalue weighted by Crippen LogP contribution is -2.39. The van der Waals surface area contributed by atoms with Crippen molar-refractivity contribution in [3.8, 4) is 0 Å². The number of alkyl halides is 3. The highest BCUT2D eigenvalue weighted by molar-refractivity contribution is 5.98. The third-order valence-electron chi connectivity index (χ3n) is 3.57. The summed E-state index contributed by atoms with van der Waals surface area (Å²) in [5.41, 5.74) is 5.27. The number of carbonyl (C=O) groups excluding carboxylic acids is 1. The van der Waals surface area contributed by atoms with Crippen LogP contribution in [0.25, 0.3) is 0 Å². The molecule has 132 valence electrons. The van der Waals surface area contributed by atoms with E-state index in [0.29, 0.717) is 11.1 Å². The van der Waals surface area contributed by atoms with Gasteiger partial charge in [-0.15, -0.1) is 0 Å². The molecule has 1 atom stereocenters. The van der Waals surface area contributed by atoms with Crippen LogP contribution in [0.1, 0.15) is 22.6 Å². The standard InChI is InChI=1S/C17H15F4N3O/c18-13-7-1-10(2-8-13)9-14(15(25)24-16(22)23)11-3-5-12(6-4-11)17(19,20)21/h1-8,14H,9H2,(H4,22,23,24,25)/t14-/m1/s1. The van der Waals surface area contributed by atoms with E-state index in [4.69, 9.17) is 11.1 Å². The van der Waals surface area contributed by atoms with Gasteiger partial charge in [-0.2, -0.15) is 13.2 Å². The summed E-state index contributed by atoms with van der Waals surface area (Å²) in [7, 11) is 0. The molecule has 2 aromatic carbocycles. The molecule has 0 unspecified atom stereocenters.